The number of hydrogen-bond acceptors (Lipinski definition) is 6. The van der Waals surface area contributed by atoms with E-state index >= 15 is 0 Å². The summed E-state index contributed by atoms with van der Waals surface area (Å²) in [4.78, 5) is 25.6. The molecule has 0 heterocycles. The fourth-order valence-electron chi connectivity index (χ4n) is 4.56. The fourth-order valence-corrected chi connectivity index (χ4v) is 7.33. The van der Waals surface area contributed by atoms with Crippen LogP contribution < -0.4 is 9.47 Å². The maximum Gasteiger partial charge on any atom is 0.362 e. The average Bonchev–Trinajstić information content (AvgIpc) is 3.25. The smallest absolute Gasteiger partial charge is 0.362 e. The summed E-state index contributed by atoms with van der Waals surface area (Å²) in [6.45, 7) is 21.2. The Morgan fingerprint density at radius 1 is 1.00 bits per heavy atom. The Hall–Kier alpha value is -2.43. The quantitative estimate of drug-likeness (QED) is 0.0670. The van der Waals surface area contributed by atoms with Crippen LogP contribution in [0, 0.1) is 11.8 Å². The minimum absolute atomic E-state index is 0.0348. The molecular weight excluding hydrogens is 589 g/mol. The highest BCUT2D eigenvalue weighted by atomic mass is 28.4. The Bertz CT molecular complexity index is 1190. The largest absolute Gasteiger partial charge is 0.497 e. The zero-order valence-corrected chi connectivity index (χ0v) is 30.9. The number of ether oxygens (including phenoxy) is 2. The Morgan fingerprint density at radius 2 is 1.59 bits per heavy atom. The number of benzene rings is 1. The molecule has 0 saturated heterocycles. The normalized spacial score (nSPS) is 18.3. The van der Waals surface area contributed by atoms with Gasteiger partial charge < -0.3 is 23.4 Å². The first-order valence-corrected chi connectivity index (χ1v) is 21.6. The Morgan fingerprint density at radius 3 is 2.14 bits per heavy atom. The van der Waals surface area contributed by atoms with Crippen molar-refractivity contribution in [2.45, 2.75) is 116 Å². The van der Waals surface area contributed by atoms with Crippen LogP contribution in [0.25, 0.3) is 0 Å². The SMILES string of the molecule is COc1cccc(OCC/C=C/[C@H]2CCC(=O)[C@@H]2CC=C=CCC(O[Si](C)(C)C(C)(C)C)(O[Si](C)(C)C(C)(C)C)C(=O)O)c1. The van der Waals surface area contributed by atoms with Gasteiger partial charge in [-0.05, 0) is 85.7 Å². The van der Waals surface area contributed by atoms with Gasteiger partial charge in [-0.2, -0.15) is 0 Å². The van der Waals surface area contributed by atoms with Gasteiger partial charge in [-0.1, -0.05) is 59.8 Å². The molecule has 2 rings (SSSR count). The topological polar surface area (TPSA) is 91.3 Å². The molecular formula is C35H56O7Si2. The van der Waals surface area contributed by atoms with Gasteiger partial charge in [-0.15, -0.1) is 5.73 Å². The van der Waals surface area contributed by atoms with Crippen LogP contribution >= 0.6 is 0 Å². The zero-order valence-electron chi connectivity index (χ0n) is 28.9. The van der Waals surface area contributed by atoms with E-state index in [0.29, 0.717) is 19.4 Å². The van der Waals surface area contributed by atoms with Gasteiger partial charge in [0.25, 0.3) is 5.79 Å². The average molecular weight is 645 g/mol. The zero-order chi connectivity index (χ0) is 33.4. The third-order valence-electron chi connectivity index (χ3n) is 9.39. The summed E-state index contributed by atoms with van der Waals surface area (Å²) in [6.07, 6.45) is 10.5. The highest BCUT2D eigenvalue weighted by Gasteiger charge is 2.54. The molecule has 0 amide bonds. The van der Waals surface area contributed by atoms with E-state index in [1.807, 2.05) is 56.5 Å². The summed E-state index contributed by atoms with van der Waals surface area (Å²) in [5, 5.41) is 10.2. The minimum Gasteiger partial charge on any atom is -0.497 e. The second kappa shape index (κ2) is 15.2. The Kier molecular flexibility index (Phi) is 13.1. The number of methoxy groups -OCH3 is 1. The van der Waals surface area contributed by atoms with Crippen LogP contribution in [0.15, 0.2) is 54.3 Å². The fraction of sp³-hybridized carbons (Fsp3) is 0.629. The van der Waals surface area contributed by atoms with E-state index in [-0.39, 0.29) is 34.1 Å². The molecule has 1 saturated carbocycles. The molecule has 0 unspecified atom stereocenters. The minimum atomic E-state index is -2.52. The van der Waals surface area contributed by atoms with Crippen molar-refractivity contribution in [2.24, 2.45) is 11.8 Å². The van der Waals surface area contributed by atoms with E-state index < -0.39 is 28.4 Å². The Labute approximate surface area is 268 Å². The molecule has 0 radical (unpaired) electrons. The van der Waals surface area contributed by atoms with E-state index in [1.165, 1.54) is 0 Å². The van der Waals surface area contributed by atoms with E-state index in [0.717, 1.165) is 24.3 Å². The summed E-state index contributed by atoms with van der Waals surface area (Å²) in [5.74, 6) is -1.08. The van der Waals surface area contributed by atoms with Gasteiger partial charge in [-0.25, -0.2) is 4.79 Å². The maximum atomic E-state index is 12.9. The second-order valence-electron chi connectivity index (χ2n) is 14.8. The lowest BCUT2D eigenvalue weighted by Gasteiger charge is -2.48. The lowest BCUT2D eigenvalue weighted by atomic mass is 9.91. The first-order valence-electron chi connectivity index (χ1n) is 15.7. The molecule has 0 aliphatic heterocycles. The van der Waals surface area contributed by atoms with E-state index in [2.05, 4.69) is 59.4 Å². The third-order valence-corrected chi connectivity index (χ3v) is 18.3. The number of carboxylic acids is 1. The molecule has 0 bridgehead atoms. The lowest BCUT2D eigenvalue weighted by molar-refractivity contribution is -0.191. The van der Waals surface area contributed by atoms with Crippen LogP contribution in [0.1, 0.15) is 73.6 Å². The van der Waals surface area contributed by atoms with Crippen molar-refractivity contribution in [2.75, 3.05) is 13.7 Å². The number of aliphatic carboxylic acids is 1. The van der Waals surface area contributed by atoms with Crippen LogP contribution in [-0.4, -0.2) is 53.0 Å². The van der Waals surface area contributed by atoms with Crippen molar-refractivity contribution in [1.29, 1.82) is 0 Å². The molecule has 246 valence electrons. The van der Waals surface area contributed by atoms with Gasteiger partial charge in [0, 0.05) is 24.8 Å². The number of rotatable bonds is 15. The summed E-state index contributed by atoms with van der Waals surface area (Å²) < 4.78 is 24.2. The van der Waals surface area contributed by atoms with Crippen LogP contribution in [0.3, 0.4) is 0 Å². The molecule has 1 aromatic rings. The third kappa shape index (κ3) is 10.3. The maximum absolute atomic E-state index is 12.9. The van der Waals surface area contributed by atoms with Gasteiger partial charge in [0.1, 0.15) is 17.3 Å². The summed E-state index contributed by atoms with van der Waals surface area (Å²) in [7, 11) is -3.41. The van der Waals surface area contributed by atoms with Gasteiger partial charge in [0.15, 0.2) is 16.6 Å². The van der Waals surface area contributed by atoms with E-state index in [9.17, 15) is 14.7 Å². The van der Waals surface area contributed by atoms with Crippen molar-refractivity contribution < 1.29 is 33.0 Å². The predicted molar refractivity (Wildman–Crippen MR) is 182 cm³/mol. The number of hydrogen-bond donors (Lipinski definition) is 1. The van der Waals surface area contributed by atoms with Crippen molar-refractivity contribution in [3.8, 4) is 11.5 Å². The standard InChI is InChI=1S/C35H56O7Si2/c1-33(2,3)43(8,9)41-35(32(37)38,42-44(10,11)34(4,5)6)24-15-12-13-21-30-27(22-23-31(30)36)18-14-16-25-40-29-20-17-19-28(26-29)39-7/h13-15,17-20,26-27,30H,16,21-25H2,1-11H3,(H,37,38)/b18-14+/t12?,27-,30+/m0/s1. The highest BCUT2D eigenvalue weighted by molar-refractivity contribution is 6.75. The molecule has 7 nitrogen and oxygen atoms in total. The van der Waals surface area contributed by atoms with Gasteiger partial charge in [-0.3, -0.25) is 4.79 Å². The van der Waals surface area contributed by atoms with Gasteiger partial charge in [0.05, 0.1) is 13.7 Å². The molecule has 1 aliphatic rings. The van der Waals surface area contributed by atoms with Gasteiger partial charge >= 0.3 is 5.97 Å². The number of allylic oxidation sites excluding steroid dienone is 1. The molecule has 0 aromatic heterocycles. The number of carbonyl (C=O) groups excluding carboxylic acids is 1. The van der Waals surface area contributed by atoms with Crippen LogP contribution in [-0.2, 0) is 18.4 Å². The summed E-state index contributed by atoms with van der Waals surface area (Å²) in [6, 6.07) is 7.53. The van der Waals surface area contributed by atoms with Crippen molar-refractivity contribution in [3.63, 3.8) is 0 Å². The molecule has 9 heteroatoms. The first kappa shape index (κ1) is 37.8. The molecule has 1 aromatic carbocycles. The molecule has 1 aliphatic carbocycles. The van der Waals surface area contributed by atoms with Crippen molar-refractivity contribution >= 4 is 28.4 Å². The predicted octanol–water partition coefficient (Wildman–Crippen LogP) is 8.93. The van der Waals surface area contributed by atoms with Crippen molar-refractivity contribution in [1.82, 2.24) is 0 Å². The number of ketones is 1. The number of Topliss-reactive ketones (excluding diaryl/α,β-unsaturated/α-hetero) is 1. The lowest BCUT2D eigenvalue weighted by Crippen LogP contribution is -2.60. The second-order valence-corrected chi connectivity index (χ2v) is 24.3. The van der Waals surface area contributed by atoms with Crippen LogP contribution in [0.2, 0.25) is 36.3 Å². The van der Waals surface area contributed by atoms with Crippen molar-refractivity contribution in [3.05, 3.63) is 54.3 Å². The van der Waals surface area contributed by atoms with Crippen LogP contribution in [0.5, 0.6) is 11.5 Å². The monoisotopic (exact) mass is 644 g/mol. The number of carbonyl (C=O) groups is 2. The summed E-state index contributed by atoms with van der Waals surface area (Å²) in [5.41, 5.74) is 3.17. The molecule has 44 heavy (non-hydrogen) atoms. The first-order chi connectivity index (χ1) is 20.2. The summed E-state index contributed by atoms with van der Waals surface area (Å²) >= 11 is 0. The van der Waals surface area contributed by atoms with Crippen LogP contribution in [0.4, 0.5) is 0 Å². The van der Waals surface area contributed by atoms with Gasteiger partial charge in [0.2, 0.25) is 0 Å². The molecule has 1 fully saturated rings. The molecule has 2 atom stereocenters. The molecule has 1 N–H and O–H groups in total. The Balaban J connectivity index is 2.13. The van der Waals surface area contributed by atoms with E-state index in [4.69, 9.17) is 18.3 Å². The van der Waals surface area contributed by atoms with E-state index in [1.54, 1.807) is 13.2 Å². The molecule has 0 spiro atoms. The highest BCUT2D eigenvalue weighted by Crippen LogP contribution is 2.45. The number of carboxylic acid groups (broad SMARTS) is 1.